The number of nitrogens with one attached hydrogen (secondary N) is 1. The molecule has 3 rings (SSSR count). The molecule has 1 saturated carbocycles. The summed E-state index contributed by atoms with van der Waals surface area (Å²) in [6, 6.07) is 2.68. The molecule has 1 atom stereocenters. The Bertz CT molecular complexity index is 733. The van der Waals surface area contributed by atoms with Crippen LogP contribution in [0.3, 0.4) is 0 Å². The van der Waals surface area contributed by atoms with E-state index in [-0.39, 0.29) is 18.2 Å². The van der Waals surface area contributed by atoms with E-state index in [0.717, 1.165) is 44.5 Å². The first-order chi connectivity index (χ1) is 14.5. The number of aromatic nitrogens is 1. The number of rotatable bonds is 11. The number of hydrogen-bond acceptors (Lipinski definition) is 6. The minimum atomic E-state index is -0.847. The van der Waals surface area contributed by atoms with Crippen LogP contribution in [0, 0.1) is 11.8 Å². The Morgan fingerprint density at radius 3 is 2.63 bits per heavy atom. The minimum absolute atomic E-state index is 0.149. The Morgan fingerprint density at radius 2 is 2.00 bits per heavy atom. The molecule has 2 fully saturated rings. The predicted molar refractivity (Wildman–Crippen MR) is 112 cm³/mol. The van der Waals surface area contributed by atoms with Crippen LogP contribution in [0.25, 0.3) is 0 Å². The van der Waals surface area contributed by atoms with Crippen molar-refractivity contribution in [2.45, 2.75) is 52.0 Å². The fourth-order valence-electron chi connectivity index (χ4n) is 3.50. The fourth-order valence-corrected chi connectivity index (χ4v) is 3.50. The number of halogens is 1. The highest BCUT2D eigenvalue weighted by Crippen LogP contribution is 2.33. The summed E-state index contributed by atoms with van der Waals surface area (Å²) in [5.41, 5.74) is 1.10. The molecule has 1 aromatic heterocycles. The van der Waals surface area contributed by atoms with Crippen LogP contribution >= 0.6 is 0 Å². The van der Waals surface area contributed by atoms with Crippen molar-refractivity contribution >= 4 is 17.6 Å². The van der Waals surface area contributed by atoms with Gasteiger partial charge in [-0.25, -0.2) is 14.2 Å². The van der Waals surface area contributed by atoms with Gasteiger partial charge >= 0.3 is 5.97 Å². The van der Waals surface area contributed by atoms with Crippen LogP contribution < -0.4 is 15.0 Å². The molecule has 166 valence electrons. The third-order valence-electron chi connectivity index (χ3n) is 5.29. The van der Waals surface area contributed by atoms with E-state index in [1.54, 1.807) is 6.07 Å². The molecule has 0 spiro atoms. The van der Waals surface area contributed by atoms with E-state index < -0.39 is 24.6 Å². The largest absolute Gasteiger partial charge is 0.476 e. The van der Waals surface area contributed by atoms with Crippen molar-refractivity contribution in [1.82, 2.24) is 10.3 Å². The zero-order valence-corrected chi connectivity index (χ0v) is 17.9. The van der Waals surface area contributed by atoms with Gasteiger partial charge in [0.05, 0.1) is 12.3 Å². The van der Waals surface area contributed by atoms with Gasteiger partial charge in [0.2, 0.25) is 5.88 Å². The summed E-state index contributed by atoms with van der Waals surface area (Å²) in [6.45, 7) is 5.31. The topological polar surface area (TPSA) is 80.8 Å². The highest BCUT2D eigenvalue weighted by Gasteiger charge is 2.27. The van der Waals surface area contributed by atoms with Crippen LogP contribution in [0.2, 0.25) is 0 Å². The van der Waals surface area contributed by atoms with Crippen LogP contribution in [0.5, 0.6) is 5.88 Å². The monoisotopic (exact) mass is 421 g/mol. The van der Waals surface area contributed by atoms with Crippen molar-refractivity contribution in [2.24, 2.45) is 11.8 Å². The summed E-state index contributed by atoms with van der Waals surface area (Å²) >= 11 is 0. The molecule has 0 bridgehead atoms. The van der Waals surface area contributed by atoms with E-state index in [9.17, 15) is 14.0 Å². The molecule has 0 unspecified atom stereocenters. The van der Waals surface area contributed by atoms with E-state index in [1.807, 2.05) is 19.9 Å². The van der Waals surface area contributed by atoms with E-state index >= 15 is 0 Å². The Hall–Kier alpha value is -2.38. The molecule has 8 heteroatoms. The normalized spacial score (nSPS) is 17.1. The lowest BCUT2D eigenvalue weighted by Gasteiger charge is -2.22. The molecular weight excluding hydrogens is 389 g/mol. The van der Waals surface area contributed by atoms with Gasteiger partial charge in [0.15, 0.2) is 0 Å². The van der Waals surface area contributed by atoms with Crippen LogP contribution in [0.4, 0.5) is 10.1 Å². The van der Waals surface area contributed by atoms with Gasteiger partial charge in [-0.15, -0.1) is 0 Å². The van der Waals surface area contributed by atoms with E-state index in [2.05, 4.69) is 15.2 Å². The van der Waals surface area contributed by atoms with Gasteiger partial charge in [0, 0.05) is 13.1 Å². The third kappa shape index (κ3) is 6.31. The first-order valence-corrected chi connectivity index (χ1v) is 10.9. The van der Waals surface area contributed by atoms with Crippen molar-refractivity contribution in [2.75, 3.05) is 37.9 Å². The molecular formula is C22H32FN3O4. The summed E-state index contributed by atoms with van der Waals surface area (Å²) in [4.78, 5) is 31.8. The third-order valence-corrected chi connectivity index (χ3v) is 5.29. The van der Waals surface area contributed by atoms with E-state index in [1.165, 1.54) is 0 Å². The molecule has 1 aliphatic heterocycles. The first kappa shape index (κ1) is 22.3. The lowest BCUT2D eigenvalue weighted by molar-refractivity contribution is -0.146. The van der Waals surface area contributed by atoms with Gasteiger partial charge in [0.25, 0.3) is 5.91 Å². The molecule has 1 aliphatic carbocycles. The number of anilines is 1. The van der Waals surface area contributed by atoms with Crippen molar-refractivity contribution in [3.05, 3.63) is 17.8 Å². The Labute approximate surface area is 177 Å². The summed E-state index contributed by atoms with van der Waals surface area (Å²) in [5.74, 6) is 0.0834. The molecule has 7 nitrogen and oxygen atoms in total. The predicted octanol–water partition coefficient (Wildman–Crippen LogP) is 3.13. The van der Waals surface area contributed by atoms with Gasteiger partial charge < -0.3 is 19.7 Å². The zero-order valence-electron chi connectivity index (χ0n) is 17.9. The SMILES string of the molecule is CC(C)C[C@H](NC(=O)c1ccc(N2CCCC2)c(OCC2CC2)n1)C(=O)OCCF. The number of ether oxygens (including phenoxy) is 2. The molecule has 1 amide bonds. The van der Waals surface area contributed by atoms with Gasteiger partial charge in [-0.3, -0.25) is 4.79 Å². The molecule has 1 N–H and O–H groups in total. The summed E-state index contributed by atoms with van der Waals surface area (Å²) in [6.07, 6.45) is 4.98. The highest BCUT2D eigenvalue weighted by atomic mass is 19.1. The maximum Gasteiger partial charge on any atom is 0.328 e. The number of hydrogen-bond donors (Lipinski definition) is 1. The molecule has 1 aromatic rings. The van der Waals surface area contributed by atoms with Gasteiger partial charge in [-0.05, 0) is 56.1 Å². The zero-order chi connectivity index (χ0) is 21.5. The highest BCUT2D eigenvalue weighted by molar-refractivity contribution is 5.95. The van der Waals surface area contributed by atoms with Crippen molar-refractivity contribution in [3.63, 3.8) is 0 Å². The average Bonchev–Trinajstić information content (AvgIpc) is 3.40. The fraction of sp³-hybridized carbons (Fsp3) is 0.682. The maximum absolute atomic E-state index is 12.8. The molecule has 0 radical (unpaired) electrons. The molecule has 30 heavy (non-hydrogen) atoms. The van der Waals surface area contributed by atoms with Crippen LogP contribution in [0.1, 0.15) is 56.4 Å². The number of esters is 1. The van der Waals surface area contributed by atoms with Crippen molar-refractivity contribution < 1.29 is 23.5 Å². The Morgan fingerprint density at radius 1 is 1.27 bits per heavy atom. The number of alkyl halides is 1. The lowest BCUT2D eigenvalue weighted by Crippen LogP contribution is -2.43. The molecule has 1 saturated heterocycles. The average molecular weight is 422 g/mol. The Kier molecular flexibility index (Phi) is 7.87. The standard InChI is InChI=1S/C22H32FN3O4/c1-15(2)13-18(22(28)29-12-9-23)24-20(27)17-7-8-19(26-10-3-4-11-26)21(25-17)30-14-16-5-6-16/h7-8,15-16,18H,3-6,9-14H2,1-2H3,(H,24,27)/t18-/m0/s1. The second kappa shape index (κ2) is 10.6. The summed E-state index contributed by atoms with van der Waals surface area (Å²) in [7, 11) is 0. The minimum Gasteiger partial charge on any atom is -0.476 e. The Balaban J connectivity index is 1.73. The molecule has 0 aromatic carbocycles. The van der Waals surface area contributed by atoms with Crippen molar-refractivity contribution in [1.29, 1.82) is 0 Å². The molecule has 2 aliphatic rings. The second-order valence-electron chi connectivity index (χ2n) is 8.48. The van der Waals surface area contributed by atoms with E-state index in [4.69, 9.17) is 9.47 Å². The summed E-state index contributed by atoms with van der Waals surface area (Å²) in [5, 5.41) is 2.70. The van der Waals surface area contributed by atoms with Crippen LogP contribution in [0.15, 0.2) is 12.1 Å². The number of carbonyl (C=O) groups is 2. The number of carbonyl (C=O) groups excluding carboxylic acids is 2. The molecule has 2 heterocycles. The number of amides is 1. The smallest absolute Gasteiger partial charge is 0.328 e. The lowest BCUT2D eigenvalue weighted by atomic mass is 10.0. The summed E-state index contributed by atoms with van der Waals surface area (Å²) < 4.78 is 23.2. The van der Waals surface area contributed by atoms with E-state index in [0.29, 0.717) is 24.8 Å². The first-order valence-electron chi connectivity index (χ1n) is 10.9. The van der Waals surface area contributed by atoms with Gasteiger partial charge in [0.1, 0.15) is 25.0 Å². The number of nitrogens with zero attached hydrogens (tertiary/aromatic N) is 2. The number of pyridine rings is 1. The van der Waals surface area contributed by atoms with Gasteiger partial charge in [-0.2, -0.15) is 0 Å². The van der Waals surface area contributed by atoms with Crippen LogP contribution in [-0.4, -0.2) is 55.9 Å². The maximum atomic E-state index is 12.8. The van der Waals surface area contributed by atoms with Gasteiger partial charge in [-0.1, -0.05) is 13.8 Å². The van der Waals surface area contributed by atoms with Crippen molar-refractivity contribution in [3.8, 4) is 5.88 Å². The second-order valence-corrected chi connectivity index (χ2v) is 8.48. The quantitative estimate of drug-likeness (QED) is 0.553. The van der Waals surface area contributed by atoms with Crippen LogP contribution in [-0.2, 0) is 9.53 Å².